The first-order valence-corrected chi connectivity index (χ1v) is 11.8. The van der Waals surface area contributed by atoms with E-state index in [4.69, 9.17) is 13.6 Å². The molecule has 176 valence electrons. The molecule has 4 heterocycles. The Labute approximate surface area is 191 Å². The molecule has 32 heavy (non-hydrogen) atoms. The smallest absolute Gasteiger partial charge is 0.191 e. The van der Waals surface area contributed by atoms with Crippen molar-refractivity contribution in [1.82, 2.24) is 20.4 Å². The highest BCUT2D eigenvalue weighted by atomic mass is 16.5. The average Bonchev–Trinajstić information content (AvgIpc) is 3.52. The van der Waals surface area contributed by atoms with Crippen molar-refractivity contribution in [2.24, 2.45) is 4.99 Å². The summed E-state index contributed by atoms with van der Waals surface area (Å²) in [6.07, 6.45) is 5.56. The van der Waals surface area contributed by atoms with Crippen LogP contribution in [-0.4, -0.2) is 75.3 Å². The number of likely N-dealkylation sites (tertiary alicyclic amines) is 1. The van der Waals surface area contributed by atoms with Gasteiger partial charge in [0.2, 0.25) is 0 Å². The number of morpholine rings is 1. The Morgan fingerprint density at radius 3 is 2.22 bits per heavy atom. The van der Waals surface area contributed by atoms with Gasteiger partial charge in [0.25, 0.3) is 0 Å². The van der Waals surface area contributed by atoms with Crippen molar-refractivity contribution in [3.05, 3.63) is 47.8 Å². The Kier molecular flexibility index (Phi) is 8.25. The summed E-state index contributed by atoms with van der Waals surface area (Å²) in [5, 5.41) is 7.06. The number of hydrogen-bond acceptors (Lipinski definition) is 6. The molecule has 2 unspecified atom stereocenters. The zero-order valence-electron chi connectivity index (χ0n) is 19.4. The van der Waals surface area contributed by atoms with Crippen molar-refractivity contribution in [3.63, 3.8) is 0 Å². The van der Waals surface area contributed by atoms with Gasteiger partial charge in [-0.25, -0.2) is 0 Å². The molecular weight excluding hydrogens is 406 g/mol. The van der Waals surface area contributed by atoms with Gasteiger partial charge in [-0.3, -0.25) is 14.8 Å². The van der Waals surface area contributed by atoms with Crippen molar-refractivity contribution < 1.29 is 13.6 Å². The van der Waals surface area contributed by atoms with Gasteiger partial charge in [-0.05, 0) is 57.1 Å². The number of piperidine rings is 1. The van der Waals surface area contributed by atoms with Gasteiger partial charge in [0, 0.05) is 33.2 Å². The standard InChI is InChI=1S/C24H37N5O3/c1-19-8-9-23(32-19)21(29-12-15-30-16-13-29)18-27-24(25-2)26-17-20(22-7-6-14-31-22)28-10-4-3-5-11-28/h6-9,14,20-21H,3-5,10-13,15-18H2,1-2H3,(H2,25,26,27). The number of ether oxygens (including phenoxy) is 1. The fourth-order valence-corrected chi connectivity index (χ4v) is 4.66. The number of rotatable bonds is 8. The summed E-state index contributed by atoms with van der Waals surface area (Å²) in [5.41, 5.74) is 0. The van der Waals surface area contributed by atoms with Crippen LogP contribution in [0.25, 0.3) is 0 Å². The topological polar surface area (TPSA) is 78.4 Å². The van der Waals surface area contributed by atoms with E-state index in [1.807, 2.05) is 26.1 Å². The number of aryl methyl sites for hydroxylation is 1. The molecule has 0 aliphatic carbocycles. The summed E-state index contributed by atoms with van der Waals surface area (Å²) >= 11 is 0. The van der Waals surface area contributed by atoms with Crippen molar-refractivity contribution >= 4 is 5.96 Å². The zero-order valence-corrected chi connectivity index (χ0v) is 19.4. The van der Waals surface area contributed by atoms with Gasteiger partial charge in [0.05, 0.1) is 31.6 Å². The molecule has 0 amide bonds. The normalized spacial score (nSPS) is 20.8. The first-order valence-electron chi connectivity index (χ1n) is 11.8. The summed E-state index contributed by atoms with van der Waals surface area (Å²) in [7, 11) is 1.82. The van der Waals surface area contributed by atoms with Crippen LogP contribution in [0.3, 0.4) is 0 Å². The van der Waals surface area contributed by atoms with Gasteiger partial charge >= 0.3 is 0 Å². The van der Waals surface area contributed by atoms with E-state index in [0.29, 0.717) is 6.54 Å². The van der Waals surface area contributed by atoms with Gasteiger partial charge in [-0.2, -0.15) is 0 Å². The van der Waals surface area contributed by atoms with E-state index < -0.39 is 0 Å². The minimum atomic E-state index is 0.133. The van der Waals surface area contributed by atoms with E-state index in [2.05, 4.69) is 37.6 Å². The van der Waals surface area contributed by atoms with Crippen LogP contribution in [0.1, 0.15) is 48.6 Å². The van der Waals surface area contributed by atoms with Crippen LogP contribution in [0.2, 0.25) is 0 Å². The van der Waals surface area contributed by atoms with E-state index >= 15 is 0 Å². The van der Waals surface area contributed by atoms with Crippen LogP contribution in [-0.2, 0) is 4.74 Å². The van der Waals surface area contributed by atoms with Crippen LogP contribution in [0.15, 0.2) is 44.4 Å². The Balaban J connectivity index is 1.38. The monoisotopic (exact) mass is 443 g/mol. The largest absolute Gasteiger partial charge is 0.468 e. The molecule has 2 aliphatic rings. The van der Waals surface area contributed by atoms with Crippen molar-refractivity contribution in [3.8, 4) is 0 Å². The molecule has 2 atom stereocenters. The number of nitrogens with zero attached hydrogens (tertiary/aromatic N) is 3. The van der Waals surface area contributed by atoms with Gasteiger partial charge in [0.15, 0.2) is 5.96 Å². The van der Waals surface area contributed by atoms with Crippen molar-refractivity contribution in [2.45, 2.75) is 38.3 Å². The van der Waals surface area contributed by atoms with E-state index in [1.54, 1.807) is 6.26 Å². The number of hydrogen-bond donors (Lipinski definition) is 2. The highest BCUT2D eigenvalue weighted by Crippen LogP contribution is 2.25. The maximum Gasteiger partial charge on any atom is 0.191 e. The Morgan fingerprint density at radius 1 is 0.938 bits per heavy atom. The molecule has 8 nitrogen and oxygen atoms in total. The van der Waals surface area contributed by atoms with E-state index in [0.717, 1.165) is 69.2 Å². The van der Waals surface area contributed by atoms with Crippen LogP contribution in [0, 0.1) is 6.92 Å². The first kappa shape index (κ1) is 22.9. The second kappa shape index (κ2) is 11.5. The maximum absolute atomic E-state index is 5.99. The van der Waals surface area contributed by atoms with Gasteiger partial charge in [-0.1, -0.05) is 6.42 Å². The Morgan fingerprint density at radius 2 is 1.62 bits per heavy atom. The summed E-state index contributed by atoms with van der Waals surface area (Å²) in [4.78, 5) is 9.41. The molecule has 0 aromatic carbocycles. The van der Waals surface area contributed by atoms with Gasteiger partial charge < -0.3 is 24.2 Å². The molecule has 0 saturated carbocycles. The Bertz CT molecular complexity index is 823. The van der Waals surface area contributed by atoms with Crippen LogP contribution in [0.4, 0.5) is 0 Å². The second-order valence-electron chi connectivity index (χ2n) is 8.57. The molecule has 0 radical (unpaired) electrons. The Hall–Kier alpha value is -2.29. The lowest BCUT2D eigenvalue weighted by molar-refractivity contribution is 0.0124. The molecule has 2 aliphatic heterocycles. The molecule has 8 heteroatoms. The number of furan rings is 2. The van der Waals surface area contributed by atoms with E-state index in [1.165, 1.54) is 19.3 Å². The highest BCUT2D eigenvalue weighted by Gasteiger charge is 2.27. The van der Waals surface area contributed by atoms with Crippen LogP contribution < -0.4 is 10.6 Å². The van der Waals surface area contributed by atoms with E-state index in [-0.39, 0.29) is 12.1 Å². The van der Waals surface area contributed by atoms with Crippen molar-refractivity contribution in [1.29, 1.82) is 0 Å². The molecule has 4 rings (SSSR count). The lowest BCUT2D eigenvalue weighted by Crippen LogP contribution is -2.48. The second-order valence-corrected chi connectivity index (χ2v) is 8.57. The van der Waals surface area contributed by atoms with Crippen LogP contribution >= 0.6 is 0 Å². The predicted molar refractivity (Wildman–Crippen MR) is 125 cm³/mol. The first-order chi connectivity index (χ1) is 15.7. The van der Waals surface area contributed by atoms with Crippen LogP contribution in [0.5, 0.6) is 0 Å². The molecule has 0 bridgehead atoms. The molecular formula is C24H37N5O3. The quantitative estimate of drug-likeness (QED) is 0.480. The van der Waals surface area contributed by atoms with Crippen molar-refractivity contribution in [2.75, 3.05) is 59.5 Å². The zero-order chi connectivity index (χ0) is 22.2. The summed E-state index contributed by atoms with van der Waals surface area (Å²) < 4.78 is 17.3. The SMILES string of the molecule is CN=C(NCC(c1ccco1)N1CCCCC1)NCC(c1ccc(C)o1)N1CCOCC1. The molecule has 2 saturated heterocycles. The number of guanidine groups is 1. The van der Waals surface area contributed by atoms with Gasteiger partial charge in [-0.15, -0.1) is 0 Å². The molecule has 2 aromatic heterocycles. The fraction of sp³-hybridized carbons (Fsp3) is 0.625. The van der Waals surface area contributed by atoms with E-state index in [9.17, 15) is 0 Å². The summed E-state index contributed by atoms with van der Waals surface area (Å²) in [5.74, 6) is 3.71. The predicted octanol–water partition coefficient (Wildman–Crippen LogP) is 2.95. The maximum atomic E-state index is 5.99. The third-order valence-electron chi connectivity index (χ3n) is 6.43. The minimum Gasteiger partial charge on any atom is -0.468 e. The molecule has 2 N–H and O–H groups in total. The third kappa shape index (κ3) is 5.94. The number of aliphatic imine (C=N–C) groups is 1. The van der Waals surface area contributed by atoms with Gasteiger partial charge in [0.1, 0.15) is 17.3 Å². The molecule has 2 aromatic rings. The average molecular weight is 444 g/mol. The minimum absolute atomic E-state index is 0.133. The number of nitrogens with one attached hydrogen (secondary N) is 2. The summed E-state index contributed by atoms with van der Waals surface area (Å²) in [6.45, 7) is 8.96. The fourth-order valence-electron chi connectivity index (χ4n) is 4.66. The highest BCUT2D eigenvalue weighted by molar-refractivity contribution is 5.79. The molecule has 2 fully saturated rings. The lowest BCUT2D eigenvalue weighted by atomic mass is 10.1. The summed E-state index contributed by atoms with van der Waals surface area (Å²) in [6, 6.07) is 8.49. The molecule has 0 spiro atoms. The third-order valence-corrected chi connectivity index (χ3v) is 6.43. The lowest BCUT2D eigenvalue weighted by Gasteiger charge is -2.35.